The minimum atomic E-state index is -0.0585. The van der Waals surface area contributed by atoms with Crippen molar-refractivity contribution in [2.45, 2.75) is 123 Å². The number of hydrogen-bond donors (Lipinski definition) is 0. The van der Waals surface area contributed by atoms with E-state index in [1.807, 2.05) is 36.7 Å². The Morgan fingerprint density at radius 3 is 1.95 bits per heavy atom. The molecule has 208 valence electrons. The molecule has 0 spiro atoms. The maximum atomic E-state index is 12.9. The van der Waals surface area contributed by atoms with Crippen LogP contribution in [0, 0.1) is 23.7 Å². The fourth-order valence-corrected chi connectivity index (χ4v) is 6.68. The lowest BCUT2D eigenvalue weighted by Crippen LogP contribution is -2.30. The third kappa shape index (κ3) is 8.64. The molecule has 38 heavy (non-hydrogen) atoms. The molecule has 2 saturated carbocycles. The van der Waals surface area contributed by atoms with Gasteiger partial charge in [-0.3, -0.25) is 4.79 Å². The highest BCUT2D eigenvalue weighted by atomic mass is 16.5. The zero-order chi connectivity index (χ0) is 26.6. The van der Waals surface area contributed by atoms with Gasteiger partial charge in [0.15, 0.2) is 5.82 Å². The quantitative estimate of drug-likeness (QED) is 0.151. The van der Waals surface area contributed by atoms with Crippen molar-refractivity contribution in [2.75, 3.05) is 0 Å². The lowest BCUT2D eigenvalue weighted by molar-refractivity contribution is -0.140. The molecule has 0 N–H and O–H groups in total. The normalized spacial score (nSPS) is 23.7. The van der Waals surface area contributed by atoms with Crippen molar-refractivity contribution in [1.29, 1.82) is 0 Å². The highest BCUT2D eigenvalue weighted by Gasteiger charge is 2.33. The molecule has 0 unspecified atom stereocenters. The zero-order valence-corrected chi connectivity index (χ0v) is 24.0. The molecule has 4 nitrogen and oxygen atoms in total. The number of rotatable bonds is 13. The van der Waals surface area contributed by atoms with Crippen molar-refractivity contribution in [2.24, 2.45) is 23.7 Å². The monoisotopic (exact) mass is 518 g/mol. The first-order valence-electron chi connectivity index (χ1n) is 15.8. The summed E-state index contributed by atoms with van der Waals surface area (Å²) in [6, 6.07) is 7.66. The van der Waals surface area contributed by atoms with Gasteiger partial charge in [0.2, 0.25) is 0 Å². The van der Waals surface area contributed by atoms with Gasteiger partial charge in [-0.05, 0) is 98.9 Å². The van der Waals surface area contributed by atoms with Gasteiger partial charge in [0.05, 0.1) is 5.92 Å². The van der Waals surface area contributed by atoms with Crippen molar-refractivity contribution in [3.63, 3.8) is 0 Å². The van der Waals surface area contributed by atoms with E-state index in [2.05, 4.69) is 23.8 Å². The second-order valence-corrected chi connectivity index (χ2v) is 12.0. The SMILES string of the molecule is CCCCCCCCCc1cnc(-c2ccc(OC(=O)C3CCC(C4CCC(CC)CC4)CC3)cc2)nc1. The fourth-order valence-electron chi connectivity index (χ4n) is 6.68. The summed E-state index contributed by atoms with van der Waals surface area (Å²) in [5.41, 5.74) is 2.15. The summed E-state index contributed by atoms with van der Waals surface area (Å²) in [7, 11) is 0. The Balaban J connectivity index is 1.17. The van der Waals surface area contributed by atoms with Gasteiger partial charge in [0.1, 0.15) is 5.75 Å². The largest absolute Gasteiger partial charge is 0.426 e. The van der Waals surface area contributed by atoms with Gasteiger partial charge in [-0.25, -0.2) is 9.97 Å². The Hall–Kier alpha value is -2.23. The van der Waals surface area contributed by atoms with Gasteiger partial charge in [0, 0.05) is 18.0 Å². The standard InChI is InChI=1S/C34H50N2O2/c1-3-5-6-7-8-9-10-11-27-24-35-33(36-25-27)30-20-22-32(23-21-30)38-34(37)31-18-16-29(17-19-31)28-14-12-26(4-2)13-15-28/h20-26,28-29,31H,3-19H2,1-2H3. The second kappa shape index (κ2) is 15.4. The number of carbonyl (C=O) groups is 1. The van der Waals surface area contributed by atoms with Crippen molar-refractivity contribution in [3.05, 3.63) is 42.2 Å². The van der Waals surface area contributed by atoms with E-state index in [0.29, 0.717) is 5.75 Å². The first-order valence-corrected chi connectivity index (χ1v) is 15.8. The first-order chi connectivity index (χ1) is 18.7. The molecule has 0 aliphatic heterocycles. The summed E-state index contributed by atoms with van der Waals surface area (Å²) in [5.74, 6) is 3.99. The number of carbonyl (C=O) groups excluding carboxylic acids is 1. The molecule has 2 aliphatic carbocycles. The van der Waals surface area contributed by atoms with Gasteiger partial charge >= 0.3 is 5.97 Å². The molecule has 2 aromatic rings. The molecule has 0 atom stereocenters. The molecular weight excluding hydrogens is 468 g/mol. The lowest BCUT2D eigenvalue weighted by atomic mass is 9.69. The molecule has 0 bridgehead atoms. The van der Waals surface area contributed by atoms with Crippen LogP contribution in [0.2, 0.25) is 0 Å². The van der Waals surface area contributed by atoms with Gasteiger partial charge in [-0.15, -0.1) is 0 Å². The molecule has 2 aliphatic rings. The summed E-state index contributed by atoms with van der Waals surface area (Å²) < 4.78 is 5.78. The molecule has 0 radical (unpaired) electrons. The first kappa shape index (κ1) is 28.8. The van der Waals surface area contributed by atoms with E-state index < -0.39 is 0 Å². The minimum absolute atomic E-state index is 0.0464. The van der Waals surface area contributed by atoms with E-state index in [1.54, 1.807) is 0 Å². The molecule has 1 heterocycles. The lowest BCUT2D eigenvalue weighted by Gasteiger charge is -2.37. The molecule has 1 aromatic carbocycles. The van der Waals surface area contributed by atoms with Crippen LogP contribution in [0.1, 0.15) is 122 Å². The predicted octanol–water partition coefficient (Wildman–Crippen LogP) is 9.36. The smallest absolute Gasteiger partial charge is 0.314 e. The van der Waals surface area contributed by atoms with Crippen LogP contribution >= 0.6 is 0 Å². The van der Waals surface area contributed by atoms with Gasteiger partial charge in [-0.1, -0.05) is 71.6 Å². The van der Waals surface area contributed by atoms with Crippen LogP contribution in [0.5, 0.6) is 5.75 Å². The molecule has 1 aromatic heterocycles. The van der Waals surface area contributed by atoms with Crippen LogP contribution in [-0.4, -0.2) is 15.9 Å². The number of aromatic nitrogens is 2. The van der Waals surface area contributed by atoms with E-state index in [-0.39, 0.29) is 11.9 Å². The molecular formula is C34H50N2O2. The Bertz CT molecular complexity index is 939. The molecule has 4 heteroatoms. The molecule has 0 saturated heterocycles. The Kier molecular flexibility index (Phi) is 11.6. The van der Waals surface area contributed by atoms with Gasteiger partial charge in [0.25, 0.3) is 0 Å². The number of ether oxygens (including phenoxy) is 1. The van der Waals surface area contributed by atoms with Crippen LogP contribution in [0.4, 0.5) is 0 Å². The van der Waals surface area contributed by atoms with Crippen LogP contribution in [0.15, 0.2) is 36.7 Å². The number of nitrogens with zero attached hydrogens (tertiary/aromatic N) is 2. The van der Waals surface area contributed by atoms with E-state index >= 15 is 0 Å². The third-order valence-electron chi connectivity index (χ3n) is 9.35. The highest BCUT2D eigenvalue weighted by Crippen LogP contribution is 2.42. The summed E-state index contributed by atoms with van der Waals surface area (Å²) >= 11 is 0. The average molecular weight is 519 g/mol. The van der Waals surface area contributed by atoms with Crippen LogP contribution in [0.3, 0.4) is 0 Å². The molecule has 4 rings (SSSR count). The number of hydrogen-bond acceptors (Lipinski definition) is 4. The Morgan fingerprint density at radius 2 is 1.34 bits per heavy atom. The summed E-state index contributed by atoms with van der Waals surface area (Å²) in [6.07, 6.45) is 25.5. The highest BCUT2D eigenvalue weighted by molar-refractivity contribution is 5.75. The van der Waals surface area contributed by atoms with Gasteiger partial charge in [-0.2, -0.15) is 0 Å². The van der Waals surface area contributed by atoms with Crippen LogP contribution in [0.25, 0.3) is 11.4 Å². The van der Waals surface area contributed by atoms with Crippen LogP contribution < -0.4 is 4.74 Å². The van der Waals surface area contributed by atoms with Crippen molar-refractivity contribution in [1.82, 2.24) is 9.97 Å². The minimum Gasteiger partial charge on any atom is -0.426 e. The summed E-state index contributed by atoms with van der Waals surface area (Å²) in [5, 5.41) is 0. The number of benzene rings is 1. The van der Waals surface area contributed by atoms with Gasteiger partial charge < -0.3 is 4.74 Å². The van der Waals surface area contributed by atoms with E-state index in [9.17, 15) is 4.79 Å². The Labute approximate surface area is 231 Å². The second-order valence-electron chi connectivity index (χ2n) is 12.0. The maximum absolute atomic E-state index is 12.9. The van der Waals surface area contributed by atoms with E-state index in [1.165, 1.54) is 95.5 Å². The average Bonchev–Trinajstić information content (AvgIpc) is 2.97. The number of esters is 1. The predicted molar refractivity (Wildman–Crippen MR) is 156 cm³/mol. The van der Waals surface area contributed by atoms with Crippen molar-refractivity contribution >= 4 is 5.97 Å². The fraction of sp³-hybridized carbons (Fsp3) is 0.676. The maximum Gasteiger partial charge on any atom is 0.314 e. The van der Waals surface area contributed by atoms with Crippen LogP contribution in [-0.2, 0) is 11.2 Å². The Morgan fingerprint density at radius 1 is 0.763 bits per heavy atom. The number of aryl methyl sites for hydroxylation is 1. The molecule has 0 amide bonds. The zero-order valence-electron chi connectivity index (χ0n) is 24.0. The third-order valence-corrected chi connectivity index (χ3v) is 9.35. The van der Waals surface area contributed by atoms with E-state index in [4.69, 9.17) is 4.74 Å². The number of unbranched alkanes of at least 4 members (excludes halogenated alkanes) is 6. The van der Waals surface area contributed by atoms with Crippen molar-refractivity contribution < 1.29 is 9.53 Å². The van der Waals surface area contributed by atoms with E-state index in [0.717, 1.165) is 48.4 Å². The topological polar surface area (TPSA) is 52.1 Å². The summed E-state index contributed by atoms with van der Waals surface area (Å²) in [6.45, 7) is 4.59. The molecule has 2 fully saturated rings. The summed E-state index contributed by atoms with van der Waals surface area (Å²) in [4.78, 5) is 22.0. The van der Waals surface area contributed by atoms with Crippen molar-refractivity contribution in [3.8, 4) is 17.1 Å².